The Balaban J connectivity index is 1.65. The fourth-order valence-corrected chi connectivity index (χ4v) is 6.10. The average Bonchev–Trinajstić information content (AvgIpc) is 3.08. The molecule has 34 heavy (non-hydrogen) atoms. The molecule has 0 unspecified atom stereocenters. The Morgan fingerprint density at radius 2 is 1.74 bits per heavy atom. The standard InChI is InChI=1S/C22H20ClN3O5S3/c1-25(33(2,28)29)17-8-5-7-16(12-17)24-34(30,31)18-10-11-20-21(13-18)32-22(27)26(20)14-15-6-3-4-9-19(15)23/h3-13,24H,14H2,1-2H3. The number of benzene rings is 3. The van der Waals surface area contributed by atoms with Gasteiger partial charge in [0.05, 0.1) is 39.3 Å². The first-order chi connectivity index (χ1) is 16.0. The normalized spacial score (nSPS) is 12.1. The SMILES string of the molecule is CN(c1cccc(NS(=O)(=O)c2ccc3c(c2)sc(=O)n3Cc2ccccc2Cl)c1)S(C)(=O)=O. The van der Waals surface area contributed by atoms with E-state index < -0.39 is 20.0 Å². The van der Waals surface area contributed by atoms with Crippen LogP contribution in [0.4, 0.5) is 11.4 Å². The molecule has 12 heteroatoms. The zero-order chi connectivity index (χ0) is 24.7. The van der Waals surface area contributed by atoms with E-state index in [0.717, 1.165) is 27.5 Å². The topological polar surface area (TPSA) is 106 Å². The number of hydrogen-bond donors (Lipinski definition) is 1. The number of thiazole rings is 1. The molecular weight excluding hydrogens is 518 g/mol. The molecular formula is C22H20ClN3O5S3. The van der Waals surface area contributed by atoms with Gasteiger partial charge in [-0.3, -0.25) is 18.4 Å². The van der Waals surface area contributed by atoms with Gasteiger partial charge in [0.2, 0.25) is 10.0 Å². The predicted molar refractivity (Wildman–Crippen MR) is 137 cm³/mol. The van der Waals surface area contributed by atoms with Gasteiger partial charge in [0, 0.05) is 12.1 Å². The first-order valence-electron chi connectivity index (χ1n) is 9.89. The van der Waals surface area contributed by atoms with Crippen molar-refractivity contribution in [1.82, 2.24) is 4.57 Å². The minimum Gasteiger partial charge on any atom is -0.294 e. The van der Waals surface area contributed by atoms with Crippen molar-refractivity contribution in [2.24, 2.45) is 0 Å². The van der Waals surface area contributed by atoms with E-state index in [1.54, 1.807) is 34.9 Å². The molecule has 0 aliphatic heterocycles. The van der Waals surface area contributed by atoms with Crippen LogP contribution in [0.1, 0.15) is 5.56 Å². The third-order valence-corrected chi connectivity index (χ3v) is 9.09. The van der Waals surface area contributed by atoms with E-state index >= 15 is 0 Å². The second-order valence-corrected chi connectivity index (χ2v) is 12.7. The first-order valence-corrected chi connectivity index (χ1v) is 14.4. The van der Waals surface area contributed by atoms with Crippen molar-refractivity contribution in [1.29, 1.82) is 0 Å². The Labute approximate surface area is 206 Å². The molecule has 0 aliphatic rings. The molecule has 0 amide bonds. The summed E-state index contributed by atoms with van der Waals surface area (Å²) in [5.74, 6) is 0. The van der Waals surface area contributed by atoms with E-state index in [9.17, 15) is 21.6 Å². The lowest BCUT2D eigenvalue weighted by Crippen LogP contribution is -2.24. The summed E-state index contributed by atoms with van der Waals surface area (Å²) in [7, 11) is -6.12. The maximum absolute atomic E-state index is 13.0. The molecule has 0 aliphatic carbocycles. The van der Waals surface area contributed by atoms with Crippen LogP contribution < -0.4 is 13.9 Å². The number of aromatic nitrogens is 1. The first kappa shape index (κ1) is 24.3. The van der Waals surface area contributed by atoms with Gasteiger partial charge in [0.25, 0.3) is 10.0 Å². The van der Waals surface area contributed by atoms with E-state index in [1.165, 1.54) is 31.3 Å². The van der Waals surface area contributed by atoms with E-state index in [4.69, 9.17) is 11.6 Å². The number of rotatable bonds is 7. The number of hydrogen-bond acceptors (Lipinski definition) is 6. The van der Waals surface area contributed by atoms with E-state index in [1.807, 2.05) is 12.1 Å². The van der Waals surface area contributed by atoms with Crippen LogP contribution in [0, 0.1) is 0 Å². The number of nitrogens with one attached hydrogen (secondary N) is 1. The van der Waals surface area contributed by atoms with Crippen LogP contribution in [0.3, 0.4) is 0 Å². The van der Waals surface area contributed by atoms with Crippen LogP contribution in [0.15, 0.2) is 76.4 Å². The zero-order valence-electron chi connectivity index (χ0n) is 18.1. The van der Waals surface area contributed by atoms with Crippen LogP contribution in [-0.4, -0.2) is 34.7 Å². The molecule has 0 saturated heterocycles. The molecule has 1 aromatic heterocycles. The van der Waals surface area contributed by atoms with Crippen molar-refractivity contribution in [3.8, 4) is 0 Å². The highest BCUT2D eigenvalue weighted by Gasteiger charge is 2.19. The summed E-state index contributed by atoms with van der Waals surface area (Å²) in [5, 5.41) is 0.542. The fraction of sp³-hybridized carbons (Fsp3) is 0.136. The summed E-state index contributed by atoms with van der Waals surface area (Å²) >= 11 is 7.17. The second-order valence-electron chi connectivity index (χ2n) is 7.56. The third kappa shape index (κ3) is 4.97. The van der Waals surface area contributed by atoms with Crippen LogP contribution >= 0.6 is 22.9 Å². The molecule has 1 N–H and O–H groups in total. The Kier molecular flexibility index (Phi) is 6.47. The molecule has 0 saturated carbocycles. The van der Waals surface area contributed by atoms with Gasteiger partial charge in [-0.2, -0.15) is 0 Å². The van der Waals surface area contributed by atoms with Crippen molar-refractivity contribution in [2.75, 3.05) is 22.3 Å². The van der Waals surface area contributed by atoms with Crippen molar-refractivity contribution in [3.05, 3.63) is 87.0 Å². The minimum atomic E-state index is -4.00. The predicted octanol–water partition coefficient (Wildman–Crippen LogP) is 3.96. The summed E-state index contributed by atoms with van der Waals surface area (Å²) < 4.78 is 55.2. The van der Waals surface area contributed by atoms with Crippen LogP contribution in [0.2, 0.25) is 5.02 Å². The molecule has 4 aromatic rings. The van der Waals surface area contributed by atoms with Crippen molar-refractivity contribution < 1.29 is 16.8 Å². The van der Waals surface area contributed by atoms with Crippen LogP contribution in [0.25, 0.3) is 10.2 Å². The van der Waals surface area contributed by atoms with Gasteiger partial charge in [-0.25, -0.2) is 16.8 Å². The molecule has 4 rings (SSSR count). The lowest BCUT2D eigenvalue weighted by molar-refractivity contribution is 0.599. The van der Waals surface area contributed by atoms with Gasteiger partial charge in [-0.05, 0) is 48.0 Å². The molecule has 3 aromatic carbocycles. The largest absolute Gasteiger partial charge is 0.308 e. The Morgan fingerprint density at radius 3 is 2.44 bits per heavy atom. The molecule has 0 spiro atoms. The van der Waals surface area contributed by atoms with Crippen LogP contribution in [-0.2, 0) is 26.6 Å². The number of anilines is 2. The third-order valence-electron chi connectivity index (χ3n) is 5.20. The molecule has 0 fully saturated rings. The minimum absolute atomic E-state index is 0.0204. The maximum Gasteiger partial charge on any atom is 0.308 e. The Bertz CT molecular complexity index is 1660. The highest BCUT2D eigenvalue weighted by molar-refractivity contribution is 7.92. The zero-order valence-corrected chi connectivity index (χ0v) is 21.3. The van der Waals surface area contributed by atoms with Gasteiger partial charge in [-0.15, -0.1) is 0 Å². The summed E-state index contributed by atoms with van der Waals surface area (Å²) in [6, 6.07) is 17.7. The summed E-state index contributed by atoms with van der Waals surface area (Å²) in [5.41, 5.74) is 1.90. The van der Waals surface area contributed by atoms with Crippen LogP contribution in [0.5, 0.6) is 0 Å². The molecule has 0 atom stereocenters. The Hall–Kier alpha value is -2.86. The van der Waals surface area contributed by atoms with Crippen molar-refractivity contribution in [3.63, 3.8) is 0 Å². The lowest BCUT2D eigenvalue weighted by atomic mass is 10.2. The van der Waals surface area contributed by atoms with Gasteiger partial charge >= 0.3 is 4.87 Å². The average molecular weight is 538 g/mol. The van der Waals surface area contributed by atoms with Gasteiger partial charge in [0.1, 0.15) is 0 Å². The number of fused-ring (bicyclic) bond motifs is 1. The van der Waals surface area contributed by atoms with Gasteiger partial charge < -0.3 is 0 Å². The molecule has 0 bridgehead atoms. The van der Waals surface area contributed by atoms with Crippen molar-refractivity contribution >= 4 is 64.6 Å². The summed E-state index contributed by atoms with van der Waals surface area (Å²) in [4.78, 5) is 12.4. The highest BCUT2D eigenvalue weighted by Crippen LogP contribution is 2.27. The van der Waals surface area contributed by atoms with Gasteiger partial charge in [-0.1, -0.05) is 47.2 Å². The second kappa shape index (κ2) is 9.06. The van der Waals surface area contributed by atoms with E-state index in [2.05, 4.69) is 4.72 Å². The number of halogens is 1. The quantitative estimate of drug-likeness (QED) is 0.384. The molecule has 0 radical (unpaired) electrons. The van der Waals surface area contributed by atoms with Gasteiger partial charge in [0.15, 0.2) is 0 Å². The summed E-state index contributed by atoms with van der Waals surface area (Å²) in [6.45, 7) is 0.267. The van der Waals surface area contributed by atoms with E-state index in [0.29, 0.717) is 20.9 Å². The molecule has 1 heterocycles. The van der Waals surface area contributed by atoms with E-state index in [-0.39, 0.29) is 22.0 Å². The number of sulfonamides is 2. The summed E-state index contributed by atoms with van der Waals surface area (Å²) in [6.07, 6.45) is 1.06. The lowest BCUT2D eigenvalue weighted by Gasteiger charge is -2.17. The fourth-order valence-electron chi connectivity index (χ4n) is 3.33. The smallest absolute Gasteiger partial charge is 0.294 e. The maximum atomic E-state index is 13.0. The number of nitrogens with zero attached hydrogens (tertiary/aromatic N) is 2. The molecule has 8 nitrogen and oxygen atoms in total. The molecule has 178 valence electrons. The monoisotopic (exact) mass is 537 g/mol. The van der Waals surface area contributed by atoms with Crippen molar-refractivity contribution in [2.45, 2.75) is 11.4 Å². The highest BCUT2D eigenvalue weighted by atomic mass is 35.5. The Morgan fingerprint density at radius 1 is 1.00 bits per heavy atom.